The van der Waals surface area contributed by atoms with Crippen LogP contribution in [0.2, 0.25) is 0 Å². The number of benzene rings is 1. The Morgan fingerprint density at radius 2 is 2.04 bits per heavy atom. The summed E-state index contributed by atoms with van der Waals surface area (Å²) in [5.74, 6) is 1.49. The number of H-pyrrole nitrogens is 1. The summed E-state index contributed by atoms with van der Waals surface area (Å²) >= 11 is 0. The van der Waals surface area contributed by atoms with Crippen LogP contribution in [0.5, 0.6) is 5.75 Å². The van der Waals surface area contributed by atoms with Gasteiger partial charge in [-0.15, -0.1) is 0 Å². The van der Waals surface area contributed by atoms with E-state index in [0.29, 0.717) is 18.2 Å². The molecule has 8 nitrogen and oxygen atoms in total. The molecule has 0 saturated carbocycles. The third-order valence-corrected chi connectivity index (χ3v) is 2.99. The number of halogens is 1. The molecule has 1 aromatic heterocycles. The van der Waals surface area contributed by atoms with Crippen molar-refractivity contribution in [3.63, 3.8) is 0 Å². The highest BCUT2D eigenvalue weighted by molar-refractivity contribution is 5.87. The van der Waals surface area contributed by atoms with E-state index >= 15 is 0 Å². The molecule has 0 atom stereocenters. The Labute approximate surface area is 146 Å². The molecule has 1 aromatic carbocycles. The molecule has 1 amide bonds. The van der Waals surface area contributed by atoms with Crippen LogP contribution in [-0.4, -0.2) is 24.8 Å². The second-order valence-electron chi connectivity index (χ2n) is 4.60. The summed E-state index contributed by atoms with van der Waals surface area (Å²) in [6.07, 6.45) is 0.976. The van der Waals surface area contributed by atoms with Crippen LogP contribution in [0.15, 0.2) is 30.5 Å². The summed E-state index contributed by atoms with van der Waals surface area (Å²) in [6.45, 7) is 2.57. The number of hydrogen-bond donors (Lipinski definition) is 3. The molecule has 24 heavy (non-hydrogen) atoms. The second kappa shape index (κ2) is 9.41. The fourth-order valence-electron chi connectivity index (χ4n) is 1.82. The van der Waals surface area contributed by atoms with Crippen molar-refractivity contribution >= 4 is 23.5 Å². The van der Waals surface area contributed by atoms with Crippen LogP contribution in [0.25, 0.3) is 0 Å². The third-order valence-electron chi connectivity index (χ3n) is 2.99. The van der Waals surface area contributed by atoms with E-state index in [-0.39, 0.29) is 24.8 Å². The van der Waals surface area contributed by atoms with Gasteiger partial charge in [-0.3, -0.25) is 10.6 Å². The summed E-state index contributed by atoms with van der Waals surface area (Å²) in [7, 11) is 1.63. The van der Waals surface area contributed by atoms with E-state index in [9.17, 15) is 4.79 Å². The first-order valence-corrected chi connectivity index (χ1v) is 7.11. The van der Waals surface area contributed by atoms with Gasteiger partial charge < -0.3 is 27.6 Å². The van der Waals surface area contributed by atoms with Gasteiger partial charge in [-0.05, 0) is 24.6 Å². The Bertz CT molecular complexity index is 667. The lowest BCUT2D eigenvalue weighted by atomic mass is 10.2. The Morgan fingerprint density at radius 3 is 2.62 bits per heavy atom. The lowest BCUT2D eigenvalue weighted by Gasteiger charge is -2.06. The normalized spacial score (nSPS) is 9.58. The van der Waals surface area contributed by atoms with E-state index in [4.69, 9.17) is 15.2 Å². The minimum Gasteiger partial charge on any atom is -1.00 e. The molecule has 0 aliphatic carbocycles. The van der Waals surface area contributed by atoms with E-state index in [1.54, 1.807) is 20.2 Å². The number of aromatic amines is 1. The quantitative estimate of drug-likeness (QED) is 0.593. The zero-order chi connectivity index (χ0) is 16.7. The number of nitrogens with zero attached hydrogens (tertiary/aromatic N) is 1. The predicted molar refractivity (Wildman–Crippen MR) is 86.2 cm³/mol. The van der Waals surface area contributed by atoms with Crippen LogP contribution in [0.3, 0.4) is 0 Å². The molecule has 2 rings (SSSR count). The molecule has 0 aliphatic rings. The fraction of sp³-hybridized carbons (Fsp3) is 0.267. The lowest BCUT2D eigenvalue weighted by Crippen LogP contribution is -3.00. The third kappa shape index (κ3) is 5.47. The van der Waals surface area contributed by atoms with Gasteiger partial charge >= 0.3 is 12.0 Å². The Balaban J connectivity index is 0.00000288. The number of anilines is 3. The molecular weight excluding hydrogens is 334 g/mol. The van der Waals surface area contributed by atoms with E-state index < -0.39 is 6.09 Å². The van der Waals surface area contributed by atoms with Gasteiger partial charge in [-0.25, -0.2) is 9.78 Å². The minimum atomic E-state index is -0.576. The van der Waals surface area contributed by atoms with Crippen LogP contribution in [0.1, 0.15) is 12.5 Å². The first-order chi connectivity index (χ1) is 11.1. The van der Waals surface area contributed by atoms with Crippen LogP contribution < -0.4 is 38.5 Å². The summed E-state index contributed by atoms with van der Waals surface area (Å²) in [4.78, 5) is 18.4. The number of aromatic nitrogens is 2. The number of methoxy groups -OCH3 is 1. The Kier molecular flexibility index (Phi) is 7.57. The van der Waals surface area contributed by atoms with Crippen LogP contribution in [0.4, 0.5) is 22.2 Å². The number of rotatable bonds is 6. The average Bonchev–Trinajstić information content (AvgIpc) is 2.56. The predicted octanol–water partition coefficient (Wildman–Crippen LogP) is -1.33. The van der Waals surface area contributed by atoms with Crippen molar-refractivity contribution in [2.45, 2.75) is 13.5 Å². The van der Waals surface area contributed by atoms with E-state index in [1.807, 2.05) is 24.3 Å². The van der Waals surface area contributed by atoms with Gasteiger partial charge in [0.05, 0.1) is 26.5 Å². The van der Waals surface area contributed by atoms with E-state index in [1.165, 1.54) is 0 Å². The maximum absolute atomic E-state index is 11.4. The number of carbonyl (C=O) groups is 1. The minimum absolute atomic E-state index is 0. The summed E-state index contributed by atoms with van der Waals surface area (Å²) in [6, 6.07) is 7.67. The topological polar surface area (TPSA) is 113 Å². The Morgan fingerprint density at radius 1 is 1.33 bits per heavy atom. The number of amides is 1. The number of nitrogens with one attached hydrogen (secondary N) is 3. The van der Waals surface area contributed by atoms with Crippen LogP contribution in [-0.2, 0) is 11.3 Å². The van der Waals surface area contributed by atoms with Gasteiger partial charge in [-0.2, -0.15) is 0 Å². The highest BCUT2D eigenvalue weighted by atomic mass is 35.5. The van der Waals surface area contributed by atoms with Crippen molar-refractivity contribution in [2.75, 3.05) is 30.1 Å². The van der Waals surface area contributed by atoms with Crippen molar-refractivity contribution in [1.29, 1.82) is 0 Å². The van der Waals surface area contributed by atoms with Crippen LogP contribution in [0, 0.1) is 0 Å². The van der Waals surface area contributed by atoms with Gasteiger partial charge in [0.25, 0.3) is 0 Å². The first kappa shape index (κ1) is 19.3. The molecule has 0 bridgehead atoms. The van der Waals surface area contributed by atoms with Crippen molar-refractivity contribution in [3.8, 4) is 5.75 Å². The molecule has 9 heteroatoms. The smallest absolute Gasteiger partial charge is 0.411 e. The van der Waals surface area contributed by atoms with E-state index in [0.717, 1.165) is 11.3 Å². The molecule has 2 aromatic rings. The zero-order valence-electron chi connectivity index (χ0n) is 13.4. The van der Waals surface area contributed by atoms with Crippen molar-refractivity contribution < 1.29 is 31.7 Å². The van der Waals surface area contributed by atoms with Crippen LogP contribution >= 0.6 is 0 Å². The molecule has 0 spiro atoms. The highest BCUT2D eigenvalue weighted by Crippen LogP contribution is 2.15. The monoisotopic (exact) mass is 353 g/mol. The van der Waals surface area contributed by atoms with Crippen molar-refractivity contribution in [2.24, 2.45) is 0 Å². The molecule has 0 aliphatic heterocycles. The molecule has 0 unspecified atom stereocenters. The lowest BCUT2D eigenvalue weighted by molar-refractivity contribution is -0.364. The van der Waals surface area contributed by atoms with Crippen molar-refractivity contribution in [3.05, 3.63) is 36.0 Å². The molecule has 130 valence electrons. The number of nitrogen functional groups attached to an aromatic ring is 1. The van der Waals surface area contributed by atoms with Gasteiger partial charge in [0.2, 0.25) is 5.82 Å². The van der Waals surface area contributed by atoms with Gasteiger partial charge in [0.1, 0.15) is 11.4 Å². The van der Waals surface area contributed by atoms with E-state index in [2.05, 4.69) is 20.6 Å². The summed E-state index contributed by atoms with van der Waals surface area (Å²) in [5, 5.41) is 5.62. The number of ether oxygens (including phenoxy) is 2. The standard InChI is InChI=1S/C15H19N5O3.ClH/c1-3-23-15(21)19-12-9-18-14(20-13(12)16)17-8-10-4-6-11(22-2)7-5-10;/h4-7,9H,3,8H2,1-2H3,(H,19,21)(H3,16,17,18,20);1H. The number of nitrogens with two attached hydrogens (primary N) is 1. The van der Waals surface area contributed by atoms with Gasteiger partial charge in [0.15, 0.2) is 0 Å². The number of carbonyl (C=O) groups excluding carboxylic acids is 1. The maximum atomic E-state index is 11.4. The molecule has 0 saturated heterocycles. The zero-order valence-corrected chi connectivity index (χ0v) is 14.2. The largest absolute Gasteiger partial charge is 1.00 e. The molecule has 1 heterocycles. The fourth-order valence-corrected chi connectivity index (χ4v) is 1.82. The van der Waals surface area contributed by atoms with Gasteiger partial charge in [-0.1, -0.05) is 17.1 Å². The first-order valence-electron chi connectivity index (χ1n) is 7.11. The van der Waals surface area contributed by atoms with Gasteiger partial charge in [0, 0.05) is 0 Å². The second-order valence-corrected chi connectivity index (χ2v) is 4.60. The molecule has 0 fully saturated rings. The number of hydrogen-bond acceptors (Lipinski definition) is 6. The molecule has 0 radical (unpaired) electrons. The average molecular weight is 354 g/mol. The maximum Gasteiger partial charge on any atom is 0.411 e. The SMILES string of the molecule is CCOC(=O)Nc1c[nH+]c(NCc2ccc(OC)cc2)nc1N.[Cl-]. The van der Waals surface area contributed by atoms with Crippen molar-refractivity contribution in [1.82, 2.24) is 4.98 Å². The summed E-state index contributed by atoms with van der Waals surface area (Å²) < 4.78 is 9.89. The summed E-state index contributed by atoms with van der Waals surface area (Å²) in [5.41, 5.74) is 7.24. The highest BCUT2D eigenvalue weighted by Gasteiger charge is 2.13. The molecule has 5 N–H and O–H groups in total. The Hall–Kier alpha value is -2.74. The molecular formula is C15H20ClN5O3.